The highest BCUT2D eigenvalue weighted by molar-refractivity contribution is 6.32. The molecule has 0 fully saturated rings. The van der Waals surface area contributed by atoms with E-state index in [0.29, 0.717) is 27.6 Å². The molecule has 0 aromatic heterocycles. The summed E-state index contributed by atoms with van der Waals surface area (Å²) in [6.45, 7) is 1.71. The van der Waals surface area contributed by atoms with Gasteiger partial charge in [0.05, 0.1) is 5.56 Å². The molecule has 0 bridgehead atoms. The van der Waals surface area contributed by atoms with Gasteiger partial charge in [-0.3, -0.25) is 0 Å². The maximum Gasteiger partial charge on any atom is 0.142 e. The molecule has 0 atom stereocenters. The number of benzene rings is 3. The molecule has 0 aliphatic heterocycles. The minimum atomic E-state index is -0.350. The predicted molar refractivity (Wildman–Crippen MR) is 107 cm³/mol. The van der Waals surface area contributed by atoms with Crippen LogP contribution in [-0.4, -0.2) is 15.7 Å². The second kappa shape index (κ2) is 7.81. The van der Waals surface area contributed by atoms with Crippen LogP contribution in [0, 0.1) is 36.4 Å². The van der Waals surface area contributed by atoms with Crippen molar-refractivity contribution in [1.82, 2.24) is 0 Å². The van der Waals surface area contributed by atoms with Gasteiger partial charge in [0.25, 0.3) is 0 Å². The summed E-state index contributed by atoms with van der Waals surface area (Å²) in [6, 6.07) is 17.8. The monoisotopic (exact) mass is 330 g/mol. The van der Waals surface area contributed by atoms with E-state index in [1.54, 1.807) is 55.5 Å². The summed E-state index contributed by atoms with van der Waals surface area (Å²) < 4.78 is 14.6. The van der Waals surface area contributed by atoms with E-state index in [1.807, 2.05) is 12.1 Å². The first-order chi connectivity index (χ1) is 12.5. The lowest BCUT2D eigenvalue weighted by Gasteiger charge is -2.02. The Hall–Kier alpha value is -3.16. The molecule has 0 N–H and O–H groups in total. The minimum absolute atomic E-state index is 0.345. The lowest BCUT2D eigenvalue weighted by Crippen LogP contribution is -1.99. The van der Waals surface area contributed by atoms with E-state index in [1.165, 1.54) is 0 Å². The van der Waals surface area contributed by atoms with E-state index in [-0.39, 0.29) is 5.82 Å². The summed E-state index contributed by atoms with van der Waals surface area (Å²) in [7, 11) is 11.3. The third kappa shape index (κ3) is 4.27. The Morgan fingerprint density at radius 2 is 1.04 bits per heavy atom. The van der Waals surface area contributed by atoms with Gasteiger partial charge in [0.2, 0.25) is 0 Å². The highest BCUT2D eigenvalue weighted by Crippen LogP contribution is 2.16. The molecular formula is C23H13B2F. The van der Waals surface area contributed by atoms with Gasteiger partial charge in [-0.25, -0.2) is 4.39 Å². The zero-order valence-electron chi connectivity index (χ0n) is 14.3. The van der Waals surface area contributed by atoms with Crippen molar-refractivity contribution in [2.24, 2.45) is 0 Å². The summed E-state index contributed by atoms with van der Waals surface area (Å²) in [4.78, 5) is 0. The fourth-order valence-electron chi connectivity index (χ4n) is 2.33. The highest BCUT2D eigenvalue weighted by Gasteiger charge is 2.06. The summed E-state index contributed by atoms with van der Waals surface area (Å²) in [5.74, 6) is 11.5. The summed E-state index contributed by atoms with van der Waals surface area (Å²) in [5, 5.41) is 0. The molecule has 3 rings (SSSR count). The first-order valence-corrected chi connectivity index (χ1v) is 8.07. The normalized spacial score (nSPS) is 9.62. The molecular weight excluding hydrogens is 317 g/mol. The fourth-order valence-corrected chi connectivity index (χ4v) is 2.33. The van der Waals surface area contributed by atoms with Crippen molar-refractivity contribution < 1.29 is 4.39 Å². The van der Waals surface area contributed by atoms with E-state index < -0.39 is 0 Å². The van der Waals surface area contributed by atoms with E-state index in [9.17, 15) is 4.39 Å². The molecule has 26 heavy (non-hydrogen) atoms. The summed E-state index contributed by atoms with van der Waals surface area (Å²) >= 11 is 0. The van der Waals surface area contributed by atoms with E-state index in [0.717, 1.165) is 11.1 Å². The van der Waals surface area contributed by atoms with Gasteiger partial charge in [-0.05, 0) is 43.3 Å². The fraction of sp³-hybridized carbons (Fsp3) is 0.0435. The maximum absolute atomic E-state index is 14.6. The number of hydrogen-bond donors (Lipinski definition) is 0. The molecule has 0 saturated heterocycles. The molecule has 0 aliphatic rings. The quantitative estimate of drug-likeness (QED) is 0.439. The van der Waals surface area contributed by atoms with Gasteiger partial charge in [-0.1, -0.05) is 58.9 Å². The Kier molecular flexibility index (Phi) is 5.31. The van der Waals surface area contributed by atoms with Crippen molar-refractivity contribution in [1.29, 1.82) is 0 Å². The molecule has 0 heterocycles. The summed E-state index contributed by atoms with van der Waals surface area (Å²) in [5.41, 5.74) is 4.42. The molecule has 118 valence electrons. The second-order valence-corrected chi connectivity index (χ2v) is 5.84. The molecule has 0 unspecified atom stereocenters. The lowest BCUT2D eigenvalue weighted by atomic mass is 9.95. The zero-order chi connectivity index (χ0) is 18.5. The van der Waals surface area contributed by atoms with Crippen LogP contribution >= 0.6 is 0 Å². The Morgan fingerprint density at radius 1 is 0.615 bits per heavy atom. The smallest absolute Gasteiger partial charge is 0.142 e. The molecule has 0 saturated carbocycles. The SMILES string of the molecule is [B]c1ccc(C#Cc2ccc(C#Cc3ccc([B])cc3)c(F)c2C)cc1. The van der Waals surface area contributed by atoms with Crippen LogP contribution in [0.2, 0.25) is 0 Å². The van der Waals surface area contributed by atoms with Gasteiger partial charge in [-0.15, -0.1) is 0 Å². The first kappa shape index (κ1) is 17.7. The number of rotatable bonds is 0. The molecule has 0 amide bonds. The number of halogens is 1. The molecule has 4 radical (unpaired) electrons. The van der Waals surface area contributed by atoms with Gasteiger partial charge in [-0.2, -0.15) is 0 Å². The lowest BCUT2D eigenvalue weighted by molar-refractivity contribution is 0.614. The van der Waals surface area contributed by atoms with Crippen molar-refractivity contribution in [3.8, 4) is 23.7 Å². The average Bonchev–Trinajstić information content (AvgIpc) is 2.65. The maximum atomic E-state index is 14.6. The van der Waals surface area contributed by atoms with Crippen molar-refractivity contribution in [3.05, 3.63) is 94.3 Å². The van der Waals surface area contributed by atoms with Crippen molar-refractivity contribution in [2.75, 3.05) is 0 Å². The van der Waals surface area contributed by atoms with Gasteiger partial charge < -0.3 is 0 Å². The van der Waals surface area contributed by atoms with Crippen LogP contribution in [0.5, 0.6) is 0 Å². The van der Waals surface area contributed by atoms with Crippen LogP contribution < -0.4 is 10.9 Å². The van der Waals surface area contributed by atoms with Crippen LogP contribution in [0.1, 0.15) is 27.8 Å². The summed E-state index contributed by atoms with van der Waals surface area (Å²) in [6.07, 6.45) is 0. The van der Waals surface area contributed by atoms with E-state index >= 15 is 0 Å². The molecule has 3 heteroatoms. The Morgan fingerprint density at radius 3 is 1.54 bits per heavy atom. The molecule has 0 spiro atoms. The van der Waals surface area contributed by atoms with Crippen molar-refractivity contribution in [3.63, 3.8) is 0 Å². The standard InChI is InChI=1S/C23H13B2F/c1-16-19(8-2-17-4-12-21(24)13-5-17)10-11-20(23(16)26)9-3-18-6-14-22(25)15-7-18/h4-7,10-15H,1H3. The molecule has 3 aromatic carbocycles. The van der Waals surface area contributed by atoms with Gasteiger partial charge >= 0.3 is 0 Å². The second-order valence-electron chi connectivity index (χ2n) is 5.84. The van der Waals surface area contributed by atoms with Gasteiger partial charge in [0.15, 0.2) is 0 Å². The van der Waals surface area contributed by atoms with Gasteiger partial charge in [0.1, 0.15) is 21.5 Å². The van der Waals surface area contributed by atoms with Crippen LogP contribution in [-0.2, 0) is 0 Å². The minimum Gasteiger partial charge on any atom is -0.205 e. The Bertz CT molecular complexity index is 969. The predicted octanol–water partition coefficient (Wildman–Crippen LogP) is 2.52. The van der Waals surface area contributed by atoms with Crippen LogP contribution in [0.3, 0.4) is 0 Å². The molecule has 3 aromatic rings. The van der Waals surface area contributed by atoms with Crippen LogP contribution in [0.4, 0.5) is 4.39 Å². The number of hydrogen-bond acceptors (Lipinski definition) is 0. The third-order valence-electron chi connectivity index (χ3n) is 3.89. The Balaban J connectivity index is 1.87. The van der Waals surface area contributed by atoms with E-state index in [4.69, 9.17) is 15.7 Å². The molecule has 0 nitrogen and oxygen atoms in total. The highest BCUT2D eigenvalue weighted by atomic mass is 19.1. The zero-order valence-corrected chi connectivity index (χ0v) is 14.3. The molecule has 0 aliphatic carbocycles. The van der Waals surface area contributed by atoms with Crippen LogP contribution in [0.15, 0.2) is 60.7 Å². The average molecular weight is 330 g/mol. The largest absolute Gasteiger partial charge is 0.205 e. The van der Waals surface area contributed by atoms with Gasteiger partial charge in [0, 0.05) is 22.3 Å². The van der Waals surface area contributed by atoms with Crippen molar-refractivity contribution >= 4 is 26.6 Å². The Labute approximate surface area is 156 Å². The van der Waals surface area contributed by atoms with Crippen LogP contribution in [0.25, 0.3) is 0 Å². The van der Waals surface area contributed by atoms with Crippen molar-refractivity contribution in [2.45, 2.75) is 6.92 Å². The third-order valence-corrected chi connectivity index (χ3v) is 3.89. The topological polar surface area (TPSA) is 0 Å². The van der Waals surface area contributed by atoms with E-state index in [2.05, 4.69) is 23.7 Å². The first-order valence-electron chi connectivity index (χ1n) is 8.07.